The second-order valence-electron chi connectivity index (χ2n) is 5.76. The summed E-state index contributed by atoms with van der Waals surface area (Å²) < 4.78 is 36.8. The number of nitrogens with one attached hydrogen (secondary N) is 1. The van der Waals surface area contributed by atoms with E-state index < -0.39 is 12.7 Å². The lowest BCUT2D eigenvalue weighted by atomic mass is 10.1. The molecule has 1 rings (SSSR count). The first kappa shape index (κ1) is 25.0. The van der Waals surface area contributed by atoms with Gasteiger partial charge in [-0.05, 0) is 38.3 Å². The van der Waals surface area contributed by atoms with E-state index in [0.29, 0.717) is 39.0 Å². The number of hydrogen-bond donors (Lipinski definition) is 2. The largest absolute Gasteiger partial charge is 0.401 e. The lowest BCUT2D eigenvalue weighted by Crippen LogP contribution is -2.34. The first-order chi connectivity index (χ1) is 9.90. The maximum atomic E-state index is 12.3. The number of carbonyl (C=O) groups excluding carboxylic acids is 1. The summed E-state index contributed by atoms with van der Waals surface area (Å²) in [5.74, 6) is 0.130. The number of hydrogen-bond acceptors (Lipinski definition) is 3. The monoisotopic (exact) mass is 381 g/mol. The maximum Gasteiger partial charge on any atom is 0.401 e. The second kappa shape index (κ2) is 13.1. The van der Waals surface area contributed by atoms with Crippen molar-refractivity contribution in [1.29, 1.82) is 0 Å². The highest BCUT2D eigenvalue weighted by molar-refractivity contribution is 5.85. The Morgan fingerprint density at radius 3 is 2.43 bits per heavy atom. The van der Waals surface area contributed by atoms with Gasteiger partial charge in [-0.2, -0.15) is 13.2 Å². The number of nitrogens with two attached hydrogens (primary N) is 1. The van der Waals surface area contributed by atoms with Gasteiger partial charge >= 0.3 is 6.18 Å². The van der Waals surface area contributed by atoms with Gasteiger partial charge in [-0.3, -0.25) is 9.69 Å². The highest BCUT2D eigenvalue weighted by atomic mass is 35.5. The zero-order chi connectivity index (χ0) is 15.7. The Morgan fingerprint density at radius 1 is 1.17 bits per heavy atom. The van der Waals surface area contributed by atoms with Crippen molar-refractivity contribution in [1.82, 2.24) is 10.2 Å². The molecule has 3 N–H and O–H groups in total. The molecule has 4 nitrogen and oxygen atoms in total. The zero-order valence-corrected chi connectivity index (χ0v) is 14.9. The van der Waals surface area contributed by atoms with Gasteiger partial charge in [0.15, 0.2) is 0 Å². The van der Waals surface area contributed by atoms with E-state index in [9.17, 15) is 18.0 Å². The molecule has 0 spiro atoms. The van der Waals surface area contributed by atoms with E-state index >= 15 is 0 Å². The summed E-state index contributed by atoms with van der Waals surface area (Å²) >= 11 is 0. The summed E-state index contributed by atoms with van der Waals surface area (Å²) in [6, 6.07) is 0. The number of halogens is 5. The number of likely N-dealkylation sites (tertiary alicyclic amines) is 1. The fourth-order valence-corrected chi connectivity index (χ4v) is 2.61. The van der Waals surface area contributed by atoms with E-state index in [4.69, 9.17) is 5.73 Å². The Morgan fingerprint density at radius 2 is 1.83 bits per heavy atom. The quantitative estimate of drug-likeness (QED) is 0.603. The van der Waals surface area contributed by atoms with Crippen LogP contribution in [0.25, 0.3) is 0 Å². The minimum Gasteiger partial charge on any atom is -0.356 e. The molecule has 1 aliphatic heterocycles. The Kier molecular flexibility index (Phi) is 14.2. The van der Waals surface area contributed by atoms with Crippen LogP contribution in [0.5, 0.6) is 0 Å². The summed E-state index contributed by atoms with van der Waals surface area (Å²) in [6.07, 6.45) is 0.930. The van der Waals surface area contributed by atoms with Gasteiger partial charge < -0.3 is 11.1 Å². The second-order valence-corrected chi connectivity index (χ2v) is 5.76. The topological polar surface area (TPSA) is 58.4 Å². The van der Waals surface area contributed by atoms with Crippen molar-refractivity contribution in [2.24, 2.45) is 11.7 Å². The van der Waals surface area contributed by atoms with Gasteiger partial charge in [0.1, 0.15) is 0 Å². The maximum absolute atomic E-state index is 12.3. The van der Waals surface area contributed by atoms with E-state index in [0.717, 1.165) is 25.7 Å². The fourth-order valence-electron chi connectivity index (χ4n) is 2.61. The number of nitrogens with zero attached hydrogens (tertiary/aromatic N) is 1. The average Bonchev–Trinajstić information content (AvgIpc) is 2.81. The fraction of sp³-hybridized carbons (Fsp3) is 0.929. The van der Waals surface area contributed by atoms with Crippen molar-refractivity contribution in [3.8, 4) is 0 Å². The van der Waals surface area contributed by atoms with Crippen LogP contribution in [0.15, 0.2) is 0 Å². The van der Waals surface area contributed by atoms with Crippen LogP contribution in [-0.2, 0) is 4.79 Å². The number of rotatable bonds is 9. The summed E-state index contributed by atoms with van der Waals surface area (Å²) in [7, 11) is 0. The van der Waals surface area contributed by atoms with Gasteiger partial charge in [0.05, 0.1) is 6.54 Å². The number of alkyl halides is 3. The summed E-state index contributed by atoms with van der Waals surface area (Å²) in [4.78, 5) is 13.0. The molecule has 23 heavy (non-hydrogen) atoms. The molecule has 1 heterocycles. The van der Waals surface area contributed by atoms with Crippen molar-refractivity contribution in [3.05, 3.63) is 0 Å². The molecule has 0 bridgehead atoms. The Labute approximate surface area is 148 Å². The third-order valence-corrected chi connectivity index (χ3v) is 3.72. The Bertz CT molecular complexity index is 320. The molecule has 0 aliphatic carbocycles. The van der Waals surface area contributed by atoms with Gasteiger partial charge in [-0.15, -0.1) is 24.8 Å². The highest BCUT2D eigenvalue weighted by Crippen LogP contribution is 2.22. The minimum atomic E-state index is -4.14. The number of carbonyl (C=O) groups is 1. The van der Waals surface area contributed by atoms with Crippen LogP contribution in [0.3, 0.4) is 0 Å². The number of unbranched alkanes of at least 4 members (excludes halogenated alkanes) is 3. The van der Waals surface area contributed by atoms with E-state index in [1.807, 2.05) is 0 Å². The predicted molar refractivity (Wildman–Crippen MR) is 90.2 cm³/mol. The molecule has 0 saturated carbocycles. The zero-order valence-electron chi connectivity index (χ0n) is 13.2. The standard InChI is InChI=1S/C14H26F3N3O.2ClH/c15-14(16,17)11-20-8-6-12(10-20)9-19-13(21)5-3-1-2-4-7-18;;/h12H,1-11,18H2,(H,19,21);2*1H. The van der Waals surface area contributed by atoms with E-state index in [1.54, 1.807) is 0 Å². The van der Waals surface area contributed by atoms with Gasteiger partial charge in [-0.25, -0.2) is 0 Å². The third-order valence-electron chi connectivity index (χ3n) is 3.72. The average molecular weight is 382 g/mol. The molecule has 0 aromatic rings. The predicted octanol–water partition coefficient (Wildman–Crippen LogP) is 2.74. The molecule has 0 aromatic carbocycles. The molecule has 0 radical (unpaired) electrons. The smallest absolute Gasteiger partial charge is 0.356 e. The number of amides is 1. The molecule has 0 aromatic heterocycles. The molecule has 1 aliphatic rings. The molecule has 9 heteroatoms. The van der Waals surface area contributed by atoms with Gasteiger partial charge in [-0.1, -0.05) is 12.8 Å². The van der Waals surface area contributed by atoms with Crippen LogP contribution in [0.1, 0.15) is 38.5 Å². The van der Waals surface area contributed by atoms with Crippen molar-refractivity contribution < 1.29 is 18.0 Å². The van der Waals surface area contributed by atoms with Crippen molar-refractivity contribution in [2.75, 3.05) is 32.7 Å². The van der Waals surface area contributed by atoms with Crippen LogP contribution in [0, 0.1) is 5.92 Å². The molecular weight excluding hydrogens is 354 g/mol. The van der Waals surface area contributed by atoms with Crippen LogP contribution in [0.4, 0.5) is 13.2 Å². The Balaban J connectivity index is 0. The van der Waals surface area contributed by atoms with Crippen LogP contribution >= 0.6 is 24.8 Å². The molecule has 140 valence electrons. The Hall–Kier alpha value is -0.240. The van der Waals surface area contributed by atoms with Gasteiger partial charge in [0.25, 0.3) is 0 Å². The first-order valence-corrected chi connectivity index (χ1v) is 7.66. The molecular formula is C14H28Cl2F3N3O. The normalized spacial score (nSPS) is 18.2. The minimum absolute atomic E-state index is 0. The first-order valence-electron chi connectivity index (χ1n) is 7.66. The van der Waals surface area contributed by atoms with Crippen LogP contribution in [-0.4, -0.2) is 49.7 Å². The van der Waals surface area contributed by atoms with E-state index in [2.05, 4.69) is 5.32 Å². The summed E-state index contributed by atoms with van der Waals surface area (Å²) in [5.41, 5.74) is 5.38. The summed E-state index contributed by atoms with van der Waals surface area (Å²) in [5, 5.41) is 2.83. The molecule has 1 atom stereocenters. The van der Waals surface area contributed by atoms with Crippen molar-refractivity contribution in [2.45, 2.75) is 44.7 Å². The summed E-state index contributed by atoms with van der Waals surface area (Å²) in [6.45, 7) is 1.19. The van der Waals surface area contributed by atoms with Crippen LogP contribution in [0.2, 0.25) is 0 Å². The van der Waals surface area contributed by atoms with Crippen molar-refractivity contribution in [3.63, 3.8) is 0 Å². The molecule has 1 unspecified atom stereocenters. The van der Waals surface area contributed by atoms with E-state index in [-0.39, 0.29) is 36.6 Å². The lowest BCUT2D eigenvalue weighted by Gasteiger charge is -2.18. The van der Waals surface area contributed by atoms with Crippen LogP contribution < -0.4 is 11.1 Å². The molecule has 1 saturated heterocycles. The third kappa shape index (κ3) is 12.8. The van der Waals surface area contributed by atoms with Gasteiger partial charge in [0, 0.05) is 19.5 Å². The SMILES string of the molecule is Cl.Cl.NCCCCCCC(=O)NCC1CCN(CC(F)(F)F)C1. The molecule has 1 fully saturated rings. The van der Waals surface area contributed by atoms with Crippen molar-refractivity contribution >= 4 is 30.7 Å². The van der Waals surface area contributed by atoms with E-state index in [1.165, 1.54) is 4.90 Å². The molecule has 1 amide bonds. The highest BCUT2D eigenvalue weighted by Gasteiger charge is 2.34. The lowest BCUT2D eigenvalue weighted by molar-refractivity contribution is -0.143. The van der Waals surface area contributed by atoms with Gasteiger partial charge in [0.2, 0.25) is 5.91 Å².